The summed E-state index contributed by atoms with van der Waals surface area (Å²) in [4.78, 5) is 13.1. The van der Waals surface area contributed by atoms with Gasteiger partial charge in [0, 0.05) is 10.8 Å². The van der Waals surface area contributed by atoms with Gasteiger partial charge in [0.2, 0.25) is 10.6 Å². The van der Waals surface area contributed by atoms with Gasteiger partial charge in [-0.25, -0.2) is 0 Å². The second-order valence-corrected chi connectivity index (χ2v) is 7.29. The third kappa shape index (κ3) is 1.98. The van der Waals surface area contributed by atoms with Gasteiger partial charge in [-0.2, -0.15) is 28.5 Å². The number of hydrogen-bond acceptors (Lipinski definition) is 7. The first-order chi connectivity index (χ1) is 14.7. The number of nitrogens with zero attached hydrogens (tertiary/aromatic N) is 9. The van der Waals surface area contributed by atoms with Crippen molar-refractivity contribution in [2.24, 2.45) is 0 Å². The third-order valence-corrected chi connectivity index (χ3v) is 5.25. The molecule has 0 aliphatic carbocycles. The van der Waals surface area contributed by atoms with Crippen molar-refractivity contribution in [3.63, 3.8) is 0 Å². The molecule has 0 fully saturated rings. The number of hydrogen-bond donors (Lipinski definition) is 0. The molecule has 7 aromatic rings. The number of fused-ring (bicyclic) bond motifs is 9. The maximum absolute atomic E-state index is 6.12. The van der Waals surface area contributed by atoms with Crippen molar-refractivity contribution in [2.45, 2.75) is 0 Å². The predicted octanol–water partition coefficient (Wildman–Crippen LogP) is 3.69. The van der Waals surface area contributed by atoms with Gasteiger partial charge in [-0.15, -0.1) is 15.3 Å². The Morgan fingerprint density at radius 2 is 1.30 bits per heavy atom. The highest BCUT2D eigenvalue weighted by molar-refractivity contribution is 6.28. The molecule has 0 saturated carbocycles. The summed E-state index contributed by atoms with van der Waals surface area (Å²) in [6, 6.07) is 13.7. The van der Waals surface area contributed by atoms with E-state index in [-0.39, 0.29) is 10.6 Å². The van der Waals surface area contributed by atoms with Crippen LogP contribution in [0, 0.1) is 0 Å². The van der Waals surface area contributed by atoms with Crippen molar-refractivity contribution >= 4 is 62.5 Å². The molecule has 0 spiro atoms. The number of rotatable bonds is 1. The van der Waals surface area contributed by atoms with Crippen molar-refractivity contribution in [3.8, 4) is 11.4 Å². The van der Waals surface area contributed by atoms with Crippen LogP contribution >= 0.6 is 23.2 Å². The molecule has 0 amide bonds. The van der Waals surface area contributed by atoms with Gasteiger partial charge in [-0.3, -0.25) is 0 Å². The standard InChI is InChI=1S/C18H7Cl2N9O/c19-14-22-17-27-16(28-18(29(17)26-14)23-15(20)25-28)21-13(24-27)10-6-3-5-9-8-4-1-2-7-11(8)30-12(9)10/h1-7H. The fourth-order valence-corrected chi connectivity index (χ4v) is 4.02. The summed E-state index contributed by atoms with van der Waals surface area (Å²) in [6.45, 7) is 0. The Morgan fingerprint density at radius 1 is 0.667 bits per heavy atom. The number of para-hydroxylation sites is 2. The Labute approximate surface area is 175 Å². The van der Waals surface area contributed by atoms with Crippen LogP contribution in [0.4, 0.5) is 0 Å². The molecular formula is C18H7Cl2N9O. The van der Waals surface area contributed by atoms with E-state index in [0.717, 1.165) is 21.9 Å². The van der Waals surface area contributed by atoms with E-state index in [1.807, 2.05) is 42.5 Å². The first-order valence-electron chi connectivity index (χ1n) is 8.81. The summed E-state index contributed by atoms with van der Waals surface area (Å²) in [5.41, 5.74) is 2.22. The summed E-state index contributed by atoms with van der Waals surface area (Å²) >= 11 is 12.1. The van der Waals surface area contributed by atoms with Gasteiger partial charge in [-0.1, -0.05) is 30.3 Å². The van der Waals surface area contributed by atoms with E-state index in [0.29, 0.717) is 28.7 Å². The molecule has 144 valence electrons. The van der Waals surface area contributed by atoms with Gasteiger partial charge in [0.25, 0.3) is 17.3 Å². The zero-order valence-corrected chi connectivity index (χ0v) is 16.2. The zero-order valence-electron chi connectivity index (χ0n) is 14.7. The Hall–Kier alpha value is -3.76. The minimum absolute atomic E-state index is 0.0416. The van der Waals surface area contributed by atoms with Crippen LogP contribution in [0.5, 0.6) is 0 Å². The molecule has 0 saturated heterocycles. The molecule has 30 heavy (non-hydrogen) atoms. The Morgan fingerprint density at radius 3 is 2.07 bits per heavy atom. The lowest BCUT2D eigenvalue weighted by atomic mass is 10.1. The van der Waals surface area contributed by atoms with Crippen molar-refractivity contribution < 1.29 is 4.42 Å². The van der Waals surface area contributed by atoms with Crippen LogP contribution in [0.25, 0.3) is 50.7 Å². The Kier molecular flexibility index (Phi) is 2.91. The lowest BCUT2D eigenvalue weighted by Crippen LogP contribution is -2.06. The molecule has 12 heteroatoms. The van der Waals surface area contributed by atoms with E-state index in [1.54, 1.807) is 0 Å². The lowest BCUT2D eigenvalue weighted by molar-refractivity contribution is 0.669. The molecule has 0 aliphatic rings. The normalized spacial score (nSPS) is 12.3. The van der Waals surface area contributed by atoms with Crippen LogP contribution < -0.4 is 0 Å². The van der Waals surface area contributed by atoms with Crippen molar-refractivity contribution in [1.82, 2.24) is 43.8 Å². The van der Waals surface area contributed by atoms with Crippen molar-refractivity contribution in [3.05, 3.63) is 53.0 Å². The van der Waals surface area contributed by atoms with E-state index >= 15 is 0 Å². The molecule has 0 aliphatic heterocycles. The van der Waals surface area contributed by atoms with Gasteiger partial charge < -0.3 is 4.42 Å². The molecule has 0 atom stereocenters. The fourth-order valence-electron chi connectivity index (χ4n) is 3.71. The van der Waals surface area contributed by atoms with E-state index in [4.69, 9.17) is 27.6 Å². The average Bonchev–Trinajstić information content (AvgIpc) is 3.49. The predicted molar refractivity (Wildman–Crippen MR) is 109 cm³/mol. The van der Waals surface area contributed by atoms with Gasteiger partial charge in [0.1, 0.15) is 11.2 Å². The maximum Gasteiger partial charge on any atom is 0.261 e. The molecule has 7 rings (SSSR count). The van der Waals surface area contributed by atoms with E-state index < -0.39 is 0 Å². The number of halogens is 2. The lowest BCUT2D eigenvalue weighted by Gasteiger charge is -1.97. The summed E-state index contributed by atoms with van der Waals surface area (Å²) in [6.07, 6.45) is 0. The van der Waals surface area contributed by atoms with Crippen LogP contribution in [0.15, 0.2) is 46.9 Å². The molecule has 2 aromatic carbocycles. The summed E-state index contributed by atoms with van der Waals surface area (Å²) in [5.74, 6) is 1.45. The largest absolute Gasteiger partial charge is 0.455 e. The van der Waals surface area contributed by atoms with Crippen molar-refractivity contribution in [2.75, 3.05) is 0 Å². The molecule has 0 N–H and O–H groups in total. The molecule has 0 bridgehead atoms. The Bertz CT molecular complexity index is 1720. The molecule has 0 radical (unpaired) electrons. The van der Waals surface area contributed by atoms with Crippen LogP contribution in [-0.2, 0) is 0 Å². The zero-order chi connectivity index (χ0) is 20.0. The maximum atomic E-state index is 6.12. The van der Waals surface area contributed by atoms with Gasteiger partial charge in [0.15, 0.2) is 5.82 Å². The van der Waals surface area contributed by atoms with E-state index in [1.165, 1.54) is 13.5 Å². The first kappa shape index (κ1) is 16.1. The summed E-state index contributed by atoms with van der Waals surface area (Å²) < 4.78 is 10.5. The van der Waals surface area contributed by atoms with E-state index in [2.05, 4.69) is 30.2 Å². The Balaban J connectivity index is 1.62. The molecule has 5 aromatic heterocycles. The molecular weight excluding hydrogens is 429 g/mol. The second-order valence-electron chi connectivity index (χ2n) is 6.61. The first-order valence-corrected chi connectivity index (χ1v) is 9.57. The van der Waals surface area contributed by atoms with Crippen LogP contribution in [0.2, 0.25) is 10.6 Å². The quantitative estimate of drug-likeness (QED) is 0.387. The van der Waals surface area contributed by atoms with Crippen LogP contribution in [0.3, 0.4) is 0 Å². The highest BCUT2D eigenvalue weighted by Gasteiger charge is 2.21. The smallest absolute Gasteiger partial charge is 0.261 e. The fraction of sp³-hybridized carbons (Fsp3) is 0. The minimum Gasteiger partial charge on any atom is -0.455 e. The monoisotopic (exact) mass is 435 g/mol. The van der Waals surface area contributed by atoms with Crippen LogP contribution in [0.1, 0.15) is 0 Å². The minimum atomic E-state index is 0.0416. The highest BCUT2D eigenvalue weighted by Crippen LogP contribution is 2.34. The highest BCUT2D eigenvalue weighted by atomic mass is 35.5. The van der Waals surface area contributed by atoms with Gasteiger partial charge in [0.05, 0.1) is 5.56 Å². The van der Waals surface area contributed by atoms with Gasteiger partial charge in [-0.05, 0) is 35.3 Å². The topological polar surface area (TPSA) is 104 Å². The van der Waals surface area contributed by atoms with Crippen LogP contribution in [-0.4, -0.2) is 43.8 Å². The number of aromatic nitrogens is 9. The van der Waals surface area contributed by atoms with Crippen molar-refractivity contribution in [1.29, 1.82) is 0 Å². The second kappa shape index (κ2) is 5.43. The van der Waals surface area contributed by atoms with Gasteiger partial charge >= 0.3 is 0 Å². The summed E-state index contributed by atoms with van der Waals surface area (Å²) in [7, 11) is 0. The SMILES string of the molecule is Clc1nc2n(n1)c1nc(Cl)nn1c1nc(-c3cccc4c3oc3ccccc34)nn21. The third-order valence-electron chi connectivity index (χ3n) is 4.93. The molecule has 10 nitrogen and oxygen atoms in total. The average molecular weight is 436 g/mol. The molecule has 0 unspecified atom stereocenters. The molecule has 5 heterocycles. The van der Waals surface area contributed by atoms with E-state index in [9.17, 15) is 0 Å². The number of furan rings is 1. The summed E-state index contributed by atoms with van der Waals surface area (Å²) in [5, 5.41) is 15.1. The number of benzene rings is 2.